The molecule has 0 bridgehead atoms. The van der Waals surface area contributed by atoms with Crippen LogP contribution in [-0.4, -0.2) is 53.4 Å². The number of likely N-dealkylation sites (N-methyl/N-ethyl adjacent to an activating group) is 1. The summed E-state index contributed by atoms with van der Waals surface area (Å²) in [6, 6.07) is 4.06. The molecule has 1 aliphatic carbocycles. The molecule has 4 atom stereocenters. The van der Waals surface area contributed by atoms with Crippen molar-refractivity contribution < 1.29 is 14.0 Å². The zero-order chi connectivity index (χ0) is 16.7. The summed E-state index contributed by atoms with van der Waals surface area (Å²) in [4.78, 5) is 26.9. The van der Waals surface area contributed by atoms with Crippen LogP contribution in [0.2, 0.25) is 0 Å². The van der Waals surface area contributed by atoms with E-state index in [1.165, 1.54) is 0 Å². The van der Waals surface area contributed by atoms with Crippen LogP contribution in [0.15, 0.2) is 22.8 Å². The molecule has 0 spiro atoms. The maximum atomic E-state index is 12.6. The first-order chi connectivity index (χ1) is 11.6. The number of nitrogens with zero attached hydrogens (tertiary/aromatic N) is 2. The topological polar surface area (TPSA) is 77.8 Å². The summed E-state index contributed by atoms with van der Waals surface area (Å²) >= 11 is 0. The van der Waals surface area contributed by atoms with Crippen molar-refractivity contribution in [3.05, 3.63) is 24.2 Å². The van der Waals surface area contributed by atoms with Gasteiger partial charge in [-0.3, -0.25) is 15.0 Å². The number of piperazine rings is 1. The Hall–Kier alpha value is -1.86. The summed E-state index contributed by atoms with van der Waals surface area (Å²) in [5.74, 6) is 0.946. The van der Waals surface area contributed by atoms with Gasteiger partial charge >= 0.3 is 0 Å². The molecule has 4 rings (SSSR count). The molecule has 1 saturated carbocycles. The fourth-order valence-electron chi connectivity index (χ4n) is 4.41. The summed E-state index contributed by atoms with van der Waals surface area (Å²) in [7, 11) is 1.89. The van der Waals surface area contributed by atoms with Crippen LogP contribution in [0.4, 0.5) is 0 Å². The molecule has 2 amide bonds. The van der Waals surface area contributed by atoms with E-state index in [9.17, 15) is 9.59 Å². The van der Waals surface area contributed by atoms with Crippen molar-refractivity contribution in [2.45, 2.75) is 50.4 Å². The van der Waals surface area contributed by atoms with Crippen LogP contribution >= 0.6 is 0 Å². The second-order valence-electron chi connectivity index (χ2n) is 7.01. The van der Waals surface area contributed by atoms with Crippen molar-refractivity contribution in [3.8, 4) is 0 Å². The number of furan rings is 1. The molecule has 1 aromatic rings. The van der Waals surface area contributed by atoms with Crippen molar-refractivity contribution in [2.24, 2.45) is 5.92 Å². The Morgan fingerprint density at radius 1 is 1.38 bits per heavy atom. The van der Waals surface area contributed by atoms with Crippen molar-refractivity contribution >= 4 is 11.8 Å². The first kappa shape index (κ1) is 15.7. The van der Waals surface area contributed by atoms with E-state index < -0.39 is 0 Å². The zero-order valence-electron chi connectivity index (χ0n) is 13.9. The predicted molar refractivity (Wildman–Crippen MR) is 86.5 cm³/mol. The largest absolute Gasteiger partial charge is 0.467 e. The molecule has 3 heterocycles. The lowest BCUT2D eigenvalue weighted by Crippen LogP contribution is -2.67. The van der Waals surface area contributed by atoms with Crippen molar-refractivity contribution in [3.63, 3.8) is 0 Å². The van der Waals surface area contributed by atoms with E-state index in [0.29, 0.717) is 12.6 Å². The highest BCUT2D eigenvalue weighted by Gasteiger charge is 2.50. The summed E-state index contributed by atoms with van der Waals surface area (Å²) in [6.45, 7) is 1.28. The Bertz CT molecular complexity index is 617. The quantitative estimate of drug-likeness (QED) is 0.842. The van der Waals surface area contributed by atoms with Crippen molar-refractivity contribution in [2.75, 3.05) is 13.6 Å². The van der Waals surface area contributed by atoms with E-state index >= 15 is 0 Å². The van der Waals surface area contributed by atoms with E-state index in [-0.39, 0.29) is 29.8 Å². The Balaban J connectivity index is 1.41. The van der Waals surface area contributed by atoms with Crippen molar-refractivity contribution in [1.29, 1.82) is 0 Å². The molecule has 4 unspecified atom stereocenters. The van der Waals surface area contributed by atoms with Crippen LogP contribution in [0.1, 0.15) is 31.4 Å². The summed E-state index contributed by atoms with van der Waals surface area (Å²) in [5.41, 5.74) is 3.37. The highest BCUT2D eigenvalue weighted by molar-refractivity contribution is 5.84. The number of hydrazine groups is 1. The van der Waals surface area contributed by atoms with E-state index in [4.69, 9.17) is 4.42 Å². The molecule has 3 aliphatic rings. The average Bonchev–Trinajstić information content (AvgIpc) is 3.28. The molecule has 0 radical (unpaired) electrons. The number of amides is 2. The molecular weight excluding hydrogens is 308 g/mol. The number of carbonyl (C=O) groups is 2. The van der Waals surface area contributed by atoms with Crippen LogP contribution in [-0.2, 0) is 16.1 Å². The number of fused-ring (bicyclic) bond motifs is 3. The van der Waals surface area contributed by atoms with Gasteiger partial charge in [0.1, 0.15) is 11.8 Å². The Morgan fingerprint density at radius 2 is 2.25 bits per heavy atom. The third-order valence-electron chi connectivity index (χ3n) is 5.70. The van der Waals surface area contributed by atoms with Gasteiger partial charge in [-0.05, 0) is 37.8 Å². The third-order valence-corrected chi connectivity index (χ3v) is 5.70. The lowest BCUT2D eigenvalue weighted by atomic mass is 9.79. The van der Waals surface area contributed by atoms with Crippen LogP contribution in [0.25, 0.3) is 0 Å². The fourth-order valence-corrected chi connectivity index (χ4v) is 4.41. The molecule has 2 aliphatic heterocycles. The Morgan fingerprint density at radius 3 is 3.04 bits per heavy atom. The van der Waals surface area contributed by atoms with Gasteiger partial charge in [0.2, 0.25) is 11.8 Å². The highest BCUT2D eigenvalue weighted by Crippen LogP contribution is 2.36. The van der Waals surface area contributed by atoms with E-state index in [1.807, 2.05) is 24.1 Å². The molecule has 24 heavy (non-hydrogen) atoms. The second-order valence-corrected chi connectivity index (χ2v) is 7.01. The second kappa shape index (κ2) is 6.22. The maximum Gasteiger partial charge on any atom is 0.241 e. The molecule has 2 N–H and O–H groups in total. The Labute approximate surface area is 141 Å². The van der Waals surface area contributed by atoms with Gasteiger partial charge in [-0.25, -0.2) is 5.01 Å². The molecule has 130 valence electrons. The number of carbonyl (C=O) groups excluding carboxylic acids is 2. The van der Waals surface area contributed by atoms with Gasteiger partial charge in [-0.2, -0.15) is 0 Å². The minimum Gasteiger partial charge on any atom is -0.467 e. The lowest BCUT2D eigenvalue weighted by molar-refractivity contribution is -0.153. The first-order valence-electron chi connectivity index (χ1n) is 8.74. The van der Waals surface area contributed by atoms with Crippen LogP contribution in [0.5, 0.6) is 0 Å². The summed E-state index contributed by atoms with van der Waals surface area (Å²) in [6.07, 6.45) is 5.00. The summed E-state index contributed by atoms with van der Waals surface area (Å²) < 4.78 is 5.25. The maximum absolute atomic E-state index is 12.6. The van der Waals surface area contributed by atoms with Gasteiger partial charge in [0, 0.05) is 31.6 Å². The number of rotatable bonds is 3. The average molecular weight is 332 g/mol. The smallest absolute Gasteiger partial charge is 0.241 e. The number of hydrogen-bond acceptors (Lipinski definition) is 5. The first-order valence-corrected chi connectivity index (χ1v) is 8.74. The molecule has 3 fully saturated rings. The predicted octanol–water partition coefficient (Wildman–Crippen LogP) is 0.484. The minimum absolute atomic E-state index is 0.0272. The fraction of sp³-hybridized carbons (Fsp3) is 0.647. The Kier molecular flexibility index (Phi) is 4.05. The molecule has 7 nitrogen and oxygen atoms in total. The minimum atomic E-state index is -0.0457. The van der Waals surface area contributed by atoms with Crippen LogP contribution in [0.3, 0.4) is 0 Å². The SMILES string of the molecule is CN1C(=O)C2CCNN2C2CCC(C(=O)NCc3ccco3)CC21. The lowest BCUT2D eigenvalue weighted by Gasteiger charge is -2.50. The van der Waals surface area contributed by atoms with Crippen molar-refractivity contribution in [1.82, 2.24) is 20.7 Å². The summed E-state index contributed by atoms with van der Waals surface area (Å²) in [5, 5.41) is 5.11. The molecule has 2 saturated heterocycles. The van der Waals surface area contributed by atoms with Crippen LogP contribution in [0, 0.1) is 5.92 Å². The molecule has 7 heteroatoms. The molecular formula is C17H24N4O3. The van der Waals surface area contributed by atoms with Gasteiger partial charge in [0.25, 0.3) is 0 Å². The van der Waals surface area contributed by atoms with Gasteiger partial charge in [-0.1, -0.05) is 0 Å². The number of nitrogens with one attached hydrogen (secondary N) is 2. The van der Waals surface area contributed by atoms with Gasteiger partial charge < -0.3 is 14.6 Å². The number of hydrogen-bond donors (Lipinski definition) is 2. The van der Waals surface area contributed by atoms with E-state index in [2.05, 4.69) is 15.8 Å². The standard InChI is InChI=1S/C17H24N4O3/c1-20-15-9-11(16(22)18-10-12-3-2-8-24-12)4-5-13(15)21-14(17(20)23)6-7-19-21/h2-3,8,11,13-15,19H,4-7,9-10H2,1H3,(H,18,22). The van der Waals surface area contributed by atoms with Crippen LogP contribution < -0.4 is 10.7 Å². The van der Waals surface area contributed by atoms with E-state index in [1.54, 1.807) is 6.26 Å². The van der Waals surface area contributed by atoms with Gasteiger partial charge in [0.15, 0.2) is 0 Å². The van der Waals surface area contributed by atoms with E-state index in [0.717, 1.165) is 38.0 Å². The normalized spacial score (nSPS) is 33.2. The molecule has 1 aromatic heterocycles. The zero-order valence-corrected chi connectivity index (χ0v) is 13.9. The third kappa shape index (κ3) is 2.61. The monoisotopic (exact) mass is 332 g/mol. The van der Waals surface area contributed by atoms with Gasteiger partial charge in [0.05, 0.1) is 12.8 Å². The molecule has 0 aromatic carbocycles. The highest BCUT2D eigenvalue weighted by atomic mass is 16.3. The van der Waals surface area contributed by atoms with Gasteiger partial charge in [-0.15, -0.1) is 0 Å².